The summed E-state index contributed by atoms with van der Waals surface area (Å²) in [5, 5.41) is 22.7. The summed E-state index contributed by atoms with van der Waals surface area (Å²) in [5.41, 5.74) is 3.23. The Kier molecular flexibility index (Phi) is 10.3. The molecule has 4 atom stereocenters. The van der Waals surface area contributed by atoms with E-state index in [1.54, 1.807) is 23.9 Å². The molecule has 274 valence electrons. The maximum Gasteiger partial charge on any atom is 0.264 e. The number of fused-ring (bicyclic) bond motifs is 2. The lowest BCUT2D eigenvalue weighted by molar-refractivity contribution is -0.146. The van der Waals surface area contributed by atoms with E-state index in [4.69, 9.17) is 21.1 Å². The molecular formula is C41H44ClN5O5Si. The molecule has 12 heteroatoms. The summed E-state index contributed by atoms with van der Waals surface area (Å²) in [7, 11) is -0.684. The first-order chi connectivity index (χ1) is 25.5. The van der Waals surface area contributed by atoms with Crippen LogP contribution in [0.2, 0.25) is 23.7 Å². The van der Waals surface area contributed by atoms with Crippen molar-refractivity contribution in [2.45, 2.75) is 63.2 Å². The molecule has 0 saturated carbocycles. The Bertz CT molecular complexity index is 2090. The van der Waals surface area contributed by atoms with Crippen LogP contribution in [-0.2, 0) is 34.6 Å². The van der Waals surface area contributed by atoms with E-state index in [0.717, 1.165) is 28.3 Å². The number of nitrogens with one attached hydrogen (secondary N) is 1. The largest absolute Gasteiger partial charge is 0.497 e. The molecule has 4 aromatic carbocycles. The lowest BCUT2D eigenvalue weighted by Gasteiger charge is -2.37. The van der Waals surface area contributed by atoms with Gasteiger partial charge < -0.3 is 24.8 Å². The van der Waals surface area contributed by atoms with Gasteiger partial charge in [0.25, 0.3) is 11.8 Å². The van der Waals surface area contributed by atoms with Crippen molar-refractivity contribution >= 4 is 48.1 Å². The van der Waals surface area contributed by atoms with Gasteiger partial charge in [-0.15, -0.1) is 5.10 Å². The van der Waals surface area contributed by atoms with Crippen molar-refractivity contribution in [3.63, 3.8) is 0 Å². The summed E-state index contributed by atoms with van der Waals surface area (Å²) in [4.78, 5) is 29.7. The van der Waals surface area contributed by atoms with Crippen LogP contribution in [-0.4, -0.2) is 59.8 Å². The Balaban J connectivity index is 1.21. The average Bonchev–Trinajstić information content (AvgIpc) is 3.81. The number of benzene rings is 4. The second kappa shape index (κ2) is 14.9. The lowest BCUT2D eigenvalue weighted by atomic mass is 9.82. The lowest BCUT2D eigenvalue weighted by Crippen LogP contribution is -2.51. The Morgan fingerprint density at radius 3 is 2.47 bits per heavy atom. The zero-order valence-corrected chi connectivity index (χ0v) is 32.1. The summed E-state index contributed by atoms with van der Waals surface area (Å²) >= 11 is 6.69. The summed E-state index contributed by atoms with van der Waals surface area (Å²) in [6, 6.07) is 30.6. The summed E-state index contributed by atoms with van der Waals surface area (Å²) in [6.45, 7) is 7.74. The van der Waals surface area contributed by atoms with Gasteiger partial charge in [-0.05, 0) is 72.1 Å². The number of amides is 2. The molecule has 7 rings (SSSR count). The highest BCUT2D eigenvalue weighted by Gasteiger charge is 2.66. The second-order valence-corrected chi connectivity index (χ2v) is 19.6. The van der Waals surface area contributed by atoms with Crippen molar-refractivity contribution < 1.29 is 24.2 Å². The third kappa shape index (κ3) is 6.90. The fourth-order valence-corrected chi connectivity index (χ4v) is 12.5. The number of hydrogen-bond donors (Lipinski definition) is 2. The van der Waals surface area contributed by atoms with Crippen molar-refractivity contribution in [1.29, 1.82) is 0 Å². The highest BCUT2D eigenvalue weighted by atomic mass is 35.5. The molecule has 10 nitrogen and oxygen atoms in total. The molecule has 0 bridgehead atoms. The van der Waals surface area contributed by atoms with Gasteiger partial charge in [0.1, 0.15) is 5.75 Å². The molecule has 0 radical (unpaired) electrons. The predicted octanol–water partition coefficient (Wildman–Crippen LogP) is 6.58. The molecule has 2 amide bonds. The van der Waals surface area contributed by atoms with Crippen molar-refractivity contribution in [3.8, 4) is 5.75 Å². The number of rotatable bonds is 12. The van der Waals surface area contributed by atoms with E-state index in [1.165, 1.54) is 5.19 Å². The number of carbonyl (C=O) groups is 2. The SMILES string of the molecule is COc1ccc([Si](C)(C)[C@@H]2[C@@H](CCn3cc(CCO)nn3)O[C@]3(C(=O)N(Cc4ccc(NC(=O)c5ccccc5)cc4)c4ccc(Cl)cc43)[C@H]2C)cc1. The molecule has 3 heterocycles. The van der Waals surface area contributed by atoms with E-state index >= 15 is 4.79 Å². The summed E-state index contributed by atoms with van der Waals surface area (Å²) in [5.74, 6) is 0.306. The number of aliphatic hydroxyl groups excluding tert-OH is 1. The van der Waals surface area contributed by atoms with Crippen LogP contribution in [0.15, 0.2) is 103 Å². The van der Waals surface area contributed by atoms with E-state index in [9.17, 15) is 9.90 Å². The van der Waals surface area contributed by atoms with E-state index in [2.05, 4.69) is 47.8 Å². The predicted molar refractivity (Wildman–Crippen MR) is 208 cm³/mol. The number of aliphatic hydroxyl groups is 1. The van der Waals surface area contributed by atoms with Gasteiger partial charge in [-0.25, -0.2) is 0 Å². The van der Waals surface area contributed by atoms with E-state index in [0.29, 0.717) is 42.2 Å². The zero-order chi connectivity index (χ0) is 37.3. The van der Waals surface area contributed by atoms with E-state index in [1.807, 2.05) is 83.9 Å². The molecular weight excluding hydrogens is 706 g/mol. The molecule has 0 aliphatic carbocycles. The number of nitrogens with zero attached hydrogens (tertiary/aromatic N) is 4. The van der Waals surface area contributed by atoms with Crippen LogP contribution in [0.4, 0.5) is 11.4 Å². The summed E-state index contributed by atoms with van der Waals surface area (Å²) in [6.07, 6.45) is 2.64. The topological polar surface area (TPSA) is 119 Å². The van der Waals surface area contributed by atoms with Crippen LogP contribution < -0.4 is 20.1 Å². The van der Waals surface area contributed by atoms with Crippen LogP contribution >= 0.6 is 11.6 Å². The third-order valence-electron chi connectivity index (χ3n) is 11.0. The fraction of sp³-hybridized carbons (Fsp3) is 0.317. The molecule has 2 N–H and O–H groups in total. The Morgan fingerprint density at radius 1 is 1.04 bits per heavy atom. The quantitative estimate of drug-likeness (QED) is 0.138. The number of halogens is 1. The van der Waals surface area contributed by atoms with Gasteiger partial charge in [-0.2, -0.15) is 0 Å². The maximum atomic E-state index is 15.1. The highest BCUT2D eigenvalue weighted by molar-refractivity contribution is 6.91. The van der Waals surface area contributed by atoms with Crippen LogP contribution in [0, 0.1) is 5.92 Å². The van der Waals surface area contributed by atoms with Gasteiger partial charge in [0.05, 0.1) is 39.2 Å². The van der Waals surface area contributed by atoms with Crippen molar-refractivity contribution in [2.75, 3.05) is 23.9 Å². The number of carbonyl (C=O) groups excluding carboxylic acids is 2. The minimum absolute atomic E-state index is 0.00371. The zero-order valence-electron chi connectivity index (χ0n) is 30.3. The molecule has 53 heavy (non-hydrogen) atoms. The molecule has 2 aliphatic heterocycles. The molecule has 2 aliphatic rings. The Morgan fingerprint density at radius 2 is 1.77 bits per heavy atom. The minimum Gasteiger partial charge on any atom is -0.497 e. The first-order valence-corrected chi connectivity index (χ1v) is 21.4. The van der Waals surface area contributed by atoms with Gasteiger partial charge in [-0.3, -0.25) is 14.3 Å². The Labute approximate surface area is 315 Å². The van der Waals surface area contributed by atoms with Crippen LogP contribution in [0.25, 0.3) is 0 Å². The first-order valence-electron chi connectivity index (χ1n) is 17.9. The number of hydrogen-bond acceptors (Lipinski definition) is 7. The number of methoxy groups -OCH3 is 1. The van der Waals surface area contributed by atoms with Gasteiger partial charge in [-0.1, -0.05) is 84.5 Å². The third-order valence-corrected chi connectivity index (χ3v) is 15.6. The molecule has 5 aromatic rings. The van der Waals surface area contributed by atoms with Gasteiger partial charge in [0.2, 0.25) is 0 Å². The second-order valence-electron chi connectivity index (χ2n) is 14.5. The Hall–Kier alpha value is -4.81. The number of ether oxygens (including phenoxy) is 2. The minimum atomic E-state index is -2.35. The summed E-state index contributed by atoms with van der Waals surface area (Å²) < 4.78 is 14.5. The maximum absolute atomic E-state index is 15.1. The first kappa shape index (κ1) is 36.5. The normalized spacial score (nSPS) is 20.9. The number of aromatic nitrogens is 3. The molecule has 1 spiro atoms. The molecule has 1 aromatic heterocycles. The van der Waals surface area contributed by atoms with Crippen LogP contribution in [0.3, 0.4) is 0 Å². The molecule has 0 unspecified atom stereocenters. The van der Waals surface area contributed by atoms with E-state index in [-0.39, 0.29) is 36.0 Å². The molecule has 1 saturated heterocycles. The molecule has 1 fully saturated rings. The van der Waals surface area contributed by atoms with E-state index < -0.39 is 13.7 Å². The van der Waals surface area contributed by atoms with Gasteiger partial charge in [0.15, 0.2) is 5.60 Å². The monoisotopic (exact) mass is 749 g/mol. The standard InChI is InChI=1S/C41H44ClN5O5Si/c1-27-38(53(3,4)34-17-15-33(51-2)16-18-34)37(20-22-46-26-32(21-23-48)44-45-46)52-41(27)35-24-30(42)12-19-36(35)47(40(41)50)25-28-10-13-31(14-11-28)43-39(49)29-8-6-5-7-9-29/h5-19,24,26-27,37-38,48H,20-23,25H2,1-4H3,(H,43,49)/t27-,37+,38-,41+/m0/s1. The number of anilines is 2. The van der Waals surface area contributed by atoms with Crippen LogP contribution in [0.5, 0.6) is 5.75 Å². The van der Waals surface area contributed by atoms with Crippen molar-refractivity contribution in [3.05, 3.63) is 131 Å². The average molecular weight is 750 g/mol. The van der Waals surface area contributed by atoms with Gasteiger partial charge >= 0.3 is 0 Å². The van der Waals surface area contributed by atoms with Crippen molar-refractivity contribution in [1.82, 2.24) is 15.0 Å². The van der Waals surface area contributed by atoms with Crippen molar-refractivity contribution in [2.24, 2.45) is 5.92 Å². The highest BCUT2D eigenvalue weighted by Crippen LogP contribution is 2.60. The van der Waals surface area contributed by atoms with Crippen LogP contribution in [0.1, 0.15) is 40.5 Å². The fourth-order valence-electron chi connectivity index (χ4n) is 8.32. The van der Waals surface area contributed by atoms with Gasteiger partial charge in [0, 0.05) is 53.5 Å². The smallest absolute Gasteiger partial charge is 0.264 e. The number of aryl methyl sites for hydroxylation is 1.